The van der Waals surface area contributed by atoms with Gasteiger partial charge in [-0.05, 0) is 61.6 Å². The first-order valence-corrected chi connectivity index (χ1v) is 18.4. The number of hydrogen-bond acceptors (Lipinski definition) is 7. The summed E-state index contributed by atoms with van der Waals surface area (Å²) in [6, 6.07) is 28.1. The van der Waals surface area contributed by atoms with Crippen LogP contribution < -0.4 is 10.6 Å². The van der Waals surface area contributed by atoms with Crippen LogP contribution in [0.3, 0.4) is 0 Å². The second-order valence-electron chi connectivity index (χ2n) is 13.0. The number of carbonyl (C=O) groups excluding carboxylic acids is 4. The minimum absolute atomic E-state index is 0.0457. The molecule has 3 N–H and O–H groups in total. The number of esters is 1. The molecule has 0 aromatic heterocycles. The number of nitrogens with zero attached hydrogens (tertiary/aromatic N) is 1. The Morgan fingerprint density at radius 3 is 2.04 bits per heavy atom. The number of aliphatic hydroxyl groups excluding tert-OH is 1. The number of alkyl carbamates (subject to hydrolysis) is 1. The van der Waals surface area contributed by atoms with E-state index in [1.165, 1.54) is 0 Å². The van der Waals surface area contributed by atoms with E-state index >= 15 is 0 Å². The van der Waals surface area contributed by atoms with E-state index in [4.69, 9.17) is 9.47 Å². The number of aliphatic hydroxyl groups is 1. The van der Waals surface area contributed by atoms with E-state index in [1.807, 2.05) is 91.0 Å². The van der Waals surface area contributed by atoms with E-state index in [1.54, 1.807) is 17.1 Å². The van der Waals surface area contributed by atoms with E-state index in [0.29, 0.717) is 51.6 Å². The highest BCUT2D eigenvalue weighted by molar-refractivity contribution is 5.86. The van der Waals surface area contributed by atoms with Crippen LogP contribution in [0.5, 0.6) is 0 Å². The zero-order valence-corrected chi connectivity index (χ0v) is 30.7. The zero-order chi connectivity index (χ0) is 38.1. The molecule has 284 valence electrons. The van der Waals surface area contributed by atoms with Crippen molar-refractivity contribution in [1.82, 2.24) is 15.5 Å². The van der Waals surface area contributed by atoms with Gasteiger partial charge in [-0.15, -0.1) is 13.2 Å². The Morgan fingerprint density at radius 1 is 0.774 bits per heavy atom. The van der Waals surface area contributed by atoms with Gasteiger partial charge in [-0.1, -0.05) is 103 Å². The van der Waals surface area contributed by atoms with Crippen LogP contribution >= 0.6 is 0 Å². The maximum Gasteiger partial charge on any atom is 0.407 e. The van der Waals surface area contributed by atoms with Gasteiger partial charge in [0.1, 0.15) is 13.2 Å². The maximum atomic E-state index is 13.7. The summed E-state index contributed by atoms with van der Waals surface area (Å²) in [4.78, 5) is 54.4. The lowest BCUT2D eigenvalue weighted by atomic mass is 9.95. The van der Waals surface area contributed by atoms with Gasteiger partial charge in [0.2, 0.25) is 11.8 Å². The molecule has 0 saturated heterocycles. The van der Waals surface area contributed by atoms with Crippen LogP contribution in [-0.4, -0.2) is 66.2 Å². The Balaban J connectivity index is 1.63. The molecular formula is C43H55N3O7. The van der Waals surface area contributed by atoms with E-state index in [9.17, 15) is 24.3 Å². The van der Waals surface area contributed by atoms with Gasteiger partial charge in [0.25, 0.3) is 0 Å². The quantitative estimate of drug-likeness (QED) is 0.0513. The second kappa shape index (κ2) is 24.9. The average molecular weight is 726 g/mol. The number of carbonyl (C=O) groups is 4. The van der Waals surface area contributed by atoms with Crippen molar-refractivity contribution >= 4 is 23.9 Å². The molecule has 0 unspecified atom stereocenters. The number of amides is 3. The van der Waals surface area contributed by atoms with Crippen molar-refractivity contribution in [2.45, 2.75) is 70.6 Å². The molecular weight excluding hydrogens is 670 g/mol. The molecule has 0 aliphatic heterocycles. The number of benzene rings is 3. The number of hydrogen-bond donors (Lipinski definition) is 3. The third kappa shape index (κ3) is 16.8. The van der Waals surface area contributed by atoms with Gasteiger partial charge in [0, 0.05) is 26.1 Å². The predicted molar refractivity (Wildman–Crippen MR) is 206 cm³/mol. The number of nitrogens with one attached hydrogen (secondary N) is 2. The fourth-order valence-electron chi connectivity index (χ4n) is 5.86. The van der Waals surface area contributed by atoms with Crippen molar-refractivity contribution in [2.75, 3.05) is 26.3 Å². The second-order valence-corrected chi connectivity index (χ2v) is 13.0. The van der Waals surface area contributed by atoms with Crippen LogP contribution in [0.4, 0.5) is 4.79 Å². The smallest absolute Gasteiger partial charge is 0.407 e. The van der Waals surface area contributed by atoms with Gasteiger partial charge >= 0.3 is 12.1 Å². The van der Waals surface area contributed by atoms with Crippen molar-refractivity contribution in [3.8, 4) is 0 Å². The topological polar surface area (TPSA) is 134 Å². The van der Waals surface area contributed by atoms with E-state index in [0.717, 1.165) is 16.7 Å². The number of ether oxygens (including phenoxy) is 2. The van der Waals surface area contributed by atoms with Crippen LogP contribution in [0.25, 0.3) is 0 Å². The van der Waals surface area contributed by atoms with E-state index < -0.39 is 18.1 Å². The summed E-state index contributed by atoms with van der Waals surface area (Å²) in [6.45, 7) is 8.34. The summed E-state index contributed by atoms with van der Waals surface area (Å²) in [5.41, 5.74) is 2.83. The molecule has 0 saturated carbocycles. The van der Waals surface area contributed by atoms with Crippen LogP contribution in [0.1, 0.15) is 61.6 Å². The van der Waals surface area contributed by atoms with Crippen molar-refractivity contribution in [2.24, 2.45) is 11.8 Å². The summed E-state index contributed by atoms with van der Waals surface area (Å²) in [5, 5.41) is 15.5. The molecule has 10 heteroatoms. The van der Waals surface area contributed by atoms with Crippen molar-refractivity contribution < 1.29 is 33.8 Å². The molecule has 0 spiro atoms. The summed E-state index contributed by atoms with van der Waals surface area (Å²) in [6.07, 6.45) is 6.49. The molecule has 3 amide bonds. The Bertz CT molecular complexity index is 1540. The Labute approximate surface area is 314 Å². The van der Waals surface area contributed by atoms with Gasteiger partial charge in [-0.2, -0.15) is 0 Å². The van der Waals surface area contributed by atoms with Crippen LogP contribution in [0.15, 0.2) is 116 Å². The highest BCUT2D eigenvalue weighted by Crippen LogP contribution is 2.19. The molecule has 3 rings (SSSR count). The van der Waals surface area contributed by atoms with E-state index in [2.05, 4.69) is 23.8 Å². The normalized spacial score (nSPS) is 12.4. The molecule has 53 heavy (non-hydrogen) atoms. The number of allylic oxidation sites excluding steroid dienone is 2. The molecule has 0 aliphatic carbocycles. The molecule has 0 bridgehead atoms. The summed E-state index contributed by atoms with van der Waals surface area (Å²) < 4.78 is 11.2. The zero-order valence-electron chi connectivity index (χ0n) is 30.7. The minimum atomic E-state index is -0.713. The first kappa shape index (κ1) is 42.2. The molecule has 3 atom stereocenters. The fraction of sp³-hybridized carbons (Fsp3) is 0.395. The molecule has 10 nitrogen and oxygen atoms in total. The largest absolute Gasteiger partial charge is 0.463 e. The fourth-order valence-corrected chi connectivity index (χ4v) is 5.86. The van der Waals surface area contributed by atoms with Gasteiger partial charge in [-0.25, -0.2) is 4.79 Å². The van der Waals surface area contributed by atoms with E-state index in [-0.39, 0.29) is 62.9 Å². The molecule has 3 aromatic rings. The summed E-state index contributed by atoms with van der Waals surface area (Å²) in [5.74, 6) is -2.06. The molecule has 0 fully saturated rings. The summed E-state index contributed by atoms with van der Waals surface area (Å²) in [7, 11) is 0. The highest BCUT2D eigenvalue weighted by atomic mass is 16.5. The lowest BCUT2D eigenvalue weighted by molar-refractivity contribution is -0.150. The third-order valence-electron chi connectivity index (χ3n) is 8.79. The molecule has 0 aliphatic rings. The van der Waals surface area contributed by atoms with Gasteiger partial charge in [-0.3, -0.25) is 14.4 Å². The monoisotopic (exact) mass is 725 g/mol. The third-order valence-corrected chi connectivity index (χ3v) is 8.79. The number of rotatable bonds is 25. The highest BCUT2D eigenvalue weighted by Gasteiger charge is 2.27. The number of unbranched alkanes of at least 4 members (excludes halogenated alkanes) is 1. The van der Waals surface area contributed by atoms with Gasteiger partial charge < -0.3 is 30.1 Å². The van der Waals surface area contributed by atoms with Gasteiger partial charge in [0.15, 0.2) is 0 Å². The summed E-state index contributed by atoms with van der Waals surface area (Å²) >= 11 is 0. The average Bonchev–Trinajstić information content (AvgIpc) is 3.18. The Morgan fingerprint density at radius 2 is 1.42 bits per heavy atom. The lowest BCUT2D eigenvalue weighted by Crippen LogP contribution is -2.44. The van der Waals surface area contributed by atoms with Crippen LogP contribution in [0.2, 0.25) is 0 Å². The van der Waals surface area contributed by atoms with Crippen LogP contribution in [-0.2, 0) is 43.4 Å². The van der Waals surface area contributed by atoms with Crippen molar-refractivity contribution in [3.05, 3.63) is 133 Å². The Hall–Kier alpha value is -5.22. The molecule has 0 radical (unpaired) electrons. The standard InChI is InChI=1S/C43H55N3O7/c1-3-5-24-38(29-34-18-9-6-10-19-34)42(50)52-33-39(25-15-16-26-44-43(51)53-32-36-22-13-8-14-23-36)45-41(49)37(17-4-2)30-40(48)46(27-28-47)31-35-20-11-7-12-21-35/h3-4,6-14,18-23,37-39,47H,1-2,5,15-17,24-33H2,(H,44,51)(H,45,49)/t37-,38+,39-/m0/s1. The maximum absolute atomic E-state index is 13.7. The van der Waals surface area contributed by atoms with Gasteiger partial charge in [0.05, 0.1) is 24.5 Å². The van der Waals surface area contributed by atoms with Crippen molar-refractivity contribution in [3.63, 3.8) is 0 Å². The first-order valence-electron chi connectivity index (χ1n) is 18.4. The first-order chi connectivity index (χ1) is 25.8. The van der Waals surface area contributed by atoms with Crippen LogP contribution in [0, 0.1) is 11.8 Å². The predicted octanol–water partition coefficient (Wildman–Crippen LogP) is 6.54. The minimum Gasteiger partial charge on any atom is -0.463 e. The Kier molecular flexibility index (Phi) is 19.8. The van der Waals surface area contributed by atoms with Crippen molar-refractivity contribution in [1.29, 1.82) is 0 Å². The lowest BCUT2D eigenvalue weighted by Gasteiger charge is -2.26. The molecule has 0 heterocycles. The molecule has 3 aromatic carbocycles. The SMILES string of the molecule is C=CCC[C@H](Cc1ccccc1)C(=O)OC[C@H](CCCCNC(=O)OCc1ccccc1)NC(=O)[C@@H](CC=C)CC(=O)N(CCO)Cc1ccccc1.